The molecule has 1 N–H and O–H groups in total. The van der Waals surface area contributed by atoms with Crippen molar-refractivity contribution in [3.8, 4) is 0 Å². The largest absolute Gasteiger partial charge is 0.461 e. The number of nitrogens with zero attached hydrogens (tertiary/aromatic N) is 2. The maximum absolute atomic E-state index is 14.0. The van der Waals surface area contributed by atoms with Crippen LogP contribution in [0.4, 0.5) is 0 Å². The molecular weight excluding hydrogens is 412 g/mol. The molecule has 2 fully saturated rings. The van der Waals surface area contributed by atoms with Gasteiger partial charge in [-0.3, -0.25) is 14.4 Å². The second-order valence-corrected chi connectivity index (χ2v) is 10.2. The van der Waals surface area contributed by atoms with Crippen molar-refractivity contribution in [1.82, 2.24) is 9.80 Å². The Kier molecular flexibility index (Phi) is 5.74. The molecule has 0 radical (unpaired) electrons. The molecule has 1 unspecified atom stereocenters. The van der Waals surface area contributed by atoms with Gasteiger partial charge < -0.3 is 24.4 Å². The maximum atomic E-state index is 14.0. The number of aliphatic hydroxyl groups is 1. The highest BCUT2D eigenvalue weighted by Gasteiger charge is 2.75. The Labute approximate surface area is 189 Å². The lowest BCUT2D eigenvalue weighted by Crippen LogP contribution is -2.59. The third-order valence-electron chi connectivity index (χ3n) is 7.25. The van der Waals surface area contributed by atoms with Crippen LogP contribution in [-0.4, -0.2) is 81.8 Å². The summed E-state index contributed by atoms with van der Waals surface area (Å²) in [6.07, 6.45) is 7.72. The maximum Gasteiger partial charge on any atom is 0.313 e. The summed E-state index contributed by atoms with van der Waals surface area (Å²) in [5.41, 5.74) is -2.37. The minimum absolute atomic E-state index is 0.0803. The SMILES string of the molecule is CC(C)C[C@H](CO)N1C(=O)[C@@H]2[C@H]3C(=O)OCC=C[C@@]3(C)O[C@@]23C=CCN(C(C)C)C(=O)C13. The van der Waals surface area contributed by atoms with E-state index in [1.54, 1.807) is 24.0 Å². The molecule has 0 aliphatic carbocycles. The number of aliphatic hydroxyl groups excluding tert-OH is 1. The van der Waals surface area contributed by atoms with Crippen LogP contribution >= 0.6 is 0 Å². The number of fused-ring (bicyclic) bond motifs is 2. The molecule has 8 heteroatoms. The first-order valence-corrected chi connectivity index (χ1v) is 11.5. The van der Waals surface area contributed by atoms with Gasteiger partial charge in [-0.25, -0.2) is 0 Å². The fourth-order valence-corrected chi connectivity index (χ4v) is 5.99. The normalized spacial score (nSPS) is 37.4. The second-order valence-electron chi connectivity index (χ2n) is 10.2. The van der Waals surface area contributed by atoms with Gasteiger partial charge in [0.15, 0.2) is 0 Å². The lowest BCUT2D eigenvalue weighted by atomic mass is 9.75. The lowest BCUT2D eigenvalue weighted by Gasteiger charge is -2.41. The van der Waals surface area contributed by atoms with E-state index < -0.39 is 41.1 Å². The minimum atomic E-state index is -1.30. The average molecular weight is 447 g/mol. The summed E-state index contributed by atoms with van der Waals surface area (Å²) in [6, 6.07) is -1.59. The van der Waals surface area contributed by atoms with Crippen LogP contribution in [0.3, 0.4) is 0 Å². The molecule has 8 nitrogen and oxygen atoms in total. The van der Waals surface area contributed by atoms with Crippen molar-refractivity contribution in [1.29, 1.82) is 0 Å². The molecule has 176 valence electrons. The summed E-state index contributed by atoms with van der Waals surface area (Å²) < 4.78 is 12.0. The Morgan fingerprint density at radius 2 is 1.81 bits per heavy atom. The van der Waals surface area contributed by atoms with Gasteiger partial charge in [-0.15, -0.1) is 0 Å². The molecule has 1 spiro atoms. The predicted molar refractivity (Wildman–Crippen MR) is 116 cm³/mol. The van der Waals surface area contributed by atoms with Crippen molar-refractivity contribution in [2.24, 2.45) is 17.8 Å². The van der Waals surface area contributed by atoms with Crippen molar-refractivity contribution in [2.45, 2.75) is 70.4 Å². The third-order valence-corrected chi connectivity index (χ3v) is 7.25. The number of carbonyl (C=O) groups excluding carboxylic acids is 3. The van der Waals surface area contributed by atoms with Gasteiger partial charge in [0.25, 0.3) is 0 Å². The number of hydrogen-bond acceptors (Lipinski definition) is 6. The summed E-state index contributed by atoms with van der Waals surface area (Å²) >= 11 is 0. The van der Waals surface area contributed by atoms with Crippen LogP contribution in [0.1, 0.15) is 41.0 Å². The summed E-state index contributed by atoms with van der Waals surface area (Å²) in [7, 11) is 0. The van der Waals surface area contributed by atoms with Gasteiger partial charge in [-0.2, -0.15) is 0 Å². The van der Waals surface area contributed by atoms with Gasteiger partial charge in [0.2, 0.25) is 11.8 Å². The molecule has 0 saturated carbocycles. The zero-order valence-electron chi connectivity index (χ0n) is 19.5. The Hall–Kier alpha value is -2.19. The van der Waals surface area contributed by atoms with E-state index >= 15 is 0 Å². The van der Waals surface area contributed by atoms with Crippen LogP contribution in [0, 0.1) is 17.8 Å². The molecule has 0 aromatic carbocycles. The second kappa shape index (κ2) is 7.99. The highest BCUT2D eigenvalue weighted by Crippen LogP contribution is 2.57. The third kappa shape index (κ3) is 3.22. The standard InChI is InChI=1S/C24H34N2O6/c1-14(2)12-16(13-27)26-19-21(29)25(15(3)4)10-6-9-24(19)17(20(26)28)18-22(30)31-11-7-8-23(18,5)32-24/h6-9,14-19,27H,10-13H2,1-5H3/t16-,17+,18+,19?,23-,24+/m1/s1. The van der Waals surface area contributed by atoms with E-state index in [1.165, 1.54) is 4.90 Å². The summed E-state index contributed by atoms with van der Waals surface area (Å²) in [5.74, 6) is -2.63. The Morgan fingerprint density at radius 3 is 2.44 bits per heavy atom. The number of rotatable bonds is 5. The molecular formula is C24H34N2O6. The number of cyclic esters (lactones) is 1. The van der Waals surface area contributed by atoms with E-state index in [9.17, 15) is 19.5 Å². The van der Waals surface area contributed by atoms with Gasteiger partial charge >= 0.3 is 5.97 Å². The van der Waals surface area contributed by atoms with Crippen LogP contribution in [0.2, 0.25) is 0 Å². The molecule has 4 aliphatic rings. The van der Waals surface area contributed by atoms with E-state index in [-0.39, 0.29) is 37.0 Å². The zero-order valence-corrected chi connectivity index (χ0v) is 19.5. The number of esters is 1. The highest BCUT2D eigenvalue weighted by atomic mass is 16.6. The topological polar surface area (TPSA) is 96.4 Å². The van der Waals surface area contributed by atoms with E-state index in [0.29, 0.717) is 13.0 Å². The Bertz CT molecular complexity index is 867. The minimum Gasteiger partial charge on any atom is -0.461 e. The fourth-order valence-electron chi connectivity index (χ4n) is 5.99. The first kappa shape index (κ1) is 23.0. The van der Waals surface area contributed by atoms with Crippen LogP contribution in [0.25, 0.3) is 0 Å². The van der Waals surface area contributed by atoms with Crippen molar-refractivity contribution in [3.05, 3.63) is 24.3 Å². The molecule has 6 atom stereocenters. The van der Waals surface area contributed by atoms with E-state index in [0.717, 1.165) is 0 Å². The molecule has 0 bridgehead atoms. The van der Waals surface area contributed by atoms with E-state index in [2.05, 4.69) is 0 Å². The summed E-state index contributed by atoms with van der Waals surface area (Å²) in [5, 5.41) is 10.2. The molecule has 2 saturated heterocycles. The number of ether oxygens (including phenoxy) is 2. The molecule has 32 heavy (non-hydrogen) atoms. The number of carbonyl (C=O) groups is 3. The van der Waals surface area contributed by atoms with Crippen molar-refractivity contribution in [3.63, 3.8) is 0 Å². The van der Waals surface area contributed by atoms with Crippen LogP contribution in [-0.2, 0) is 23.9 Å². The van der Waals surface area contributed by atoms with Gasteiger partial charge in [-0.1, -0.05) is 32.1 Å². The van der Waals surface area contributed by atoms with E-state index in [4.69, 9.17) is 9.47 Å². The Balaban J connectivity index is 1.90. The predicted octanol–water partition coefficient (Wildman–Crippen LogP) is 1.28. The number of hydrogen-bond donors (Lipinski definition) is 1. The summed E-state index contributed by atoms with van der Waals surface area (Å²) in [6.45, 7) is 9.91. The smallest absolute Gasteiger partial charge is 0.313 e. The van der Waals surface area contributed by atoms with Gasteiger partial charge in [-0.05, 0) is 39.2 Å². The number of amides is 2. The molecule has 4 rings (SSSR count). The fraction of sp³-hybridized carbons (Fsp3) is 0.708. The van der Waals surface area contributed by atoms with Gasteiger partial charge in [0.1, 0.15) is 24.2 Å². The number of likely N-dealkylation sites (tertiary alicyclic amines) is 1. The molecule has 0 aromatic heterocycles. The monoisotopic (exact) mass is 446 g/mol. The van der Waals surface area contributed by atoms with E-state index in [1.807, 2.05) is 39.8 Å². The van der Waals surface area contributed by atoms with Crippen molar-refractivity contribution in [2.75, 3.05) is 19.8 Å². The Morgan fingerprint density at radius 1 is 1.09 bits per heavy atom. The van der Waals surface area contributed by atoms with Gasteiger partial charge in [0, 0.05) is 12.6 Å². The lowest BCUT2D eigenvalue weighted by molar-refractivity contribution is -0.160. The van der Waals surface area contributed by atoms with Gasteiger partial charge in [0.05, 0.1) is 24.2 Å². The van der Waals surface area contributed by atoms with Crippen molar-refractivity contribution < 1.29 is 29.0 Å². The van der Waals surface area contributed by atoms with Crippen molar-refractivity contribution >= 4 is 17.8 Å². The first-order valence-electron chi connectivity index (χ1n) is 11.5. The van der Waals surface area contributed by atoms with Crippen LogP contribution in [0.15, 0.2) is 24.3 Å². The van der Waals surface area contributed by atoms with Crippen LogP contribution in [0.5, 0.6) is 0 Å². The molecule has 2 amide bonds. The first-order chi connectivity index (χ1) is 15.1. The molecule has 4 heterocycles. The van der Waals surface area contributed by atoms with Crippen LogP contribution < -0.4 is 0 Å². The average Bonchev–Trinajstić information content (AvgIpc) is 2.97. The molecule has 4 aliphatic heterocycles. The highest BCUT2D eigenvalue weighted by molar-refractivity contribution is 5.99. The molecule has 0 aromatic rings. The summed E-state index contributed by atoms with van der Waals surface area (Å²) in [4.78, 5) is 44.2. The quantitative estimate of drug-likeness (QED) is 0.505. The zero-order chi connectivity index (χ0) is 23.4.